The van der Waals surface area contributed by atoms with Crippen LogP contribution in [0.25, 0.3) is 0 Å². The van der Waals surface area contributed by atoms with E-state index in [0.29, 0.717) is 5.69 Å². The molecule has 1 amide bonds. The highest BCUT2D eigenvalue weighted by Crippen LogP contribution is 2.16. The van der Waals surface area contributed by atoms with Crippen LogP contribution >= 0.6 is 15.9 Å². The average molecular weight is 469 g/mol. The van der Waals surface area contributed by atoms with Crippen LogP contribution in [0.4, 0.5) is 5.69 Å². The quantitative estimate of drug-likeness (QED) is 0.579. The Hall–Kier alpha value is -2.23. The Bertz CT molecular complexity index is 932. The summed E-state index contributed by atoms with van der Waals surface area (Å²) in [6, 6.07) is 13.5. The SMILES string of the molecule is CC(C)[C@H](NS(=O)(=O)c1ccccc1)C(=O)OCC(=O)Nc1cccc(Br)c1. The number of sulfonamides is 1. The second kappa shape index (κ2) is 9.81. The van der Waals surface area contributed by atoms with Gasteiger partial charge in [0.15, 0.2) is 6.61 Å². The third-order valence-electron chi connectivity index (χ3n) is 3.71. The summed E-state index contributed by atoms with van der Waals surface area (Å²) in [6.07, 6.45) is 0. The molecule has 0 aliphatic carbocycles. The van der Waals surface area contributed by atoms with Gasteiger partial charge in [0, 0.05) is 10.2 Å². The van der Waals surface area contributed by atoms with E-state index >= 15 is 0 Å². The van der Waals surface area contributed by atoms with E-state index in [4.69, 9.17) is 4.74 Å². The van der Waals surface area contributed by atoms with E-state index in [1.165, 1.54) is 12.1 Å². The van der Waals surface area contributed by atoms with Gasteiger partial charge in [-0.25, -0.2) is 8.42 Å². The van der Waals surface area contributed by atoms with Crippen molar-refractivity contribution in [2.45, 2.75) is 24.8 Å². The Morgan fingerprint density at radius 3 is 2.36 bits per heavy atom. The van der Waals surface area contributed by atoms with Crippen LogP contribution in [0.1, 0.15) is 13.8 Å². The Morgan fingerprint density at radius 2 is 1.75 bits per heavy atom. The average Bonchev–Trinajstić information content (AvgIpc) is 2.65. The maximum absolute atomic E-state index is 12.5. The summed E-state index contributed by atoms with van der Waals surface area (Å²) in [5, 5.41) is 2.60. The zero-order valence-electron chi connectivity index (χ0n) is 15.4. The number of halogens is 1. The number of carbonyl (C=O) groups excluding carboxylic acids is 2. The summed E-state index contributed by atoms with van der Waals surface area (Å²) >= 11 is 3.29. The van der Waals surface area contributed by atoms with Gasteiger partial charge in [0.25, 0.3) is 5.91 Å². The van der Waals surface area contributed by atoms with Gasteiger partial charge in [-0.1, -0.05) is 54.0 Å². The van der Waals surface area contributed by atoms with Crippen molar-refractivity contribution in [1.29, 1.82) is 0 Å². The number of benzene rings is 2. The van der Waals surface area contributed by atoms with Crippen molar-refractivity contribution in [2.24, 2.45) is 5.92 Å². The first kappa shape index (κ1) is 22.1. The highest BCUT2D eigenvalue weighted by atomic mass is 79.9. The number of nitrogens with one attached hydrogen (secondary N) is 2. The van der Waals surface area contributed by atoms with E-state index in [0.717, 1.165) is 4.47 Å². The number of amides is 1. The summed E-state index contributed by atoms with van der Waals surface area (Å²) in [5.41, 5.74) is 0.542. The molecule has 0 aliphatic rings. The number of rotatable bonds is 8. The van der Waals surface area contributed by atoms with Crippen LogP contribution in [-0.2, 0) is 24.3 Å². The lowest BCUT2D eigenvalue weighted by Crippen LogP contribution is -2.45. The third-order valence-corrected chi connectivity index (χ3v) is 5.66. The highest BCUT2D eigenvalue weighted by molar-refractivity contribution is 9.10. The van der Waals surface area contributed by atoms with E-state index in [1.807, 2.05) is 6.07 Å². The molecule has 0 spiro atoms. The van der Waals surface area contributed by atoms with Crippen LogP contribution in [0.15, 0.2) is 64.0 Å². The second-order valence-electron chi connectivity index (χ2n) is 6.32. The van der Waals surface area contributed by atoms with Crippen molar-refractivity contribution in [1.82, 2.24) is 4.72 Å². The molecule has 150 valence electrons. The molecule has 0 unspecified atom stereocenters. The Labute approximate surface area is 172 Å². The van der Waals surface area contributed by atoms with Gasteiger partial charge in [0.2, 0.25) is 10.0 Å². The highest BCUT2D eigenvalue weighted by Gasteiger charge is 2.30. The molecular formula is C19H21BrN2O5S. The minimum atomic E-state index is -3.90. The van der Waals surface area contributed by atoms with Gasteiger partial charge < -0.3 is 10.1 Å². The molecule has 0 fully saturated rings. The summed E-state index contributed by atoms with van der Waals surface area (Å²) in [6.45, 7) is 2.84. The van der Waals surface area contributed by atoms with Gasteiger partial charge in [-0.2, -0.15) is 4.72 Å². The molecule has 0 saturated carbocycles. The molecule has 7 nitrogen and oxygen atoms in total. The number of carbonyl (C=O) groups is 2. The van der Waals surface area contributed by atoms with Gasteiger partial charge in [0.05, 0.1) is 4.90 Å². The van der Waals surface area contributed by atoms with Crippen molar-refractivity contribution in [3.63, 3.8) is 0 Å². The number of ether oxygens (including phenoxy) is 1. The van der Waals surface area contributed by atoms with Crippen LogP contribution in [0.2, 0.25) is 0 Å². The number of esters is 1. The molecule has 28 heavy (non-hydrogen) atoms. The zero-order valence-corrected chi connectivity index (χ0v) is 17.8. The third kappa shape index (κ3) is 6.43. The largest absolute Gasteiger partial charge is 0.454 e. The van der Waals surface area contributed by atoms with Crippen molar-refractivity contribution < 1.29 is 22.7 Å². The van der Waals surface area contributed by atoms with Crippen molar-refractivity contribution in [2.75, 3.05) is 11.9 Å². The zero-order chi connectivity index (χ0) is 20.7. The molecule has 2 aromatic carbocycles. The lowest BCUT2D eigenvalue weighted by Gasteiger charge is -2.20. The first-order chi connectivity index (χ1) is 13.2. The van der Waals surface area contributed by atoms with E-state index < -0.39 is 34.5 Å². The summed E-state index contributed by atoms with van der Waals surface area (Å²) in [4.78, 5) is 24.4. The molecule has 0 aromatic heterocycles. The van der Waals surface area contributed by atoms with Crippen molar-refractivity contribution >= 4 is 43.5 Å². The second-order valence-corrected chi connectivity index (χ2v) is 8.95. The Kier molecular flexibility index (Phi) is 7.73. The molecule has 0 bridgehead atoms. The van der Waals surface area contributed by atoms with E-state index in [1.54, 1.807) is 50.2 Å². The molecular weight excluding hydrogens is 448 g/mol. The standard InChI is InChI=1S/C19H21BrN2O5S/c1-13(2)18(22-28(25,26)16-9-4-3-5-10-16)19(24)27-12-17(23)21-15-8-6-7-14(20)11-15/h3-11,13,18,22H,12H2,1-2H3,(H,21,23)/t18-/m0/s1. The maximum Gasteiger partial charge on any atom is 0.324 e. The predicted molar refractivity (Wildman–Crippen MR) is 109 cm³/mol. The van der Waals surface area contributed by atoms with E-state index in [9.17, 15) is 18.0 Å². The first-order valence-electron chi connectivity index (χ1n) is 8.48. The summed E-state index contributed by atoms with van der Waals surface area (Å²) in [5.74, 6) is -1.72. The molecule has 0 saturated heterocycles. The summed E-state index contributed by atoms with van der Waals surface area (Å²) in [7, 11) is -3.90. The molecule has 9 heteroatoms. The smallest absolute Gasteiger partial charge is 0.324 e. The van der Waals surface area contributed by atoms with Crippen molar-refractivity contribution in [3.05, 3.63) is 59.1 Å². The van der Waals surface area contributed by atoms with E-state index in [-0.39, 0.29) is 10.8 Å². The summed E-state index contributed by atoms with van der Waals surface area (Å²) < 4.78 is 33.1. The van der Waals surface area contributed by atoms with Gasteiger partial charge in [-0.3, -0.25) is 9.59 Å². The monoisotopic (exact) mass is 468 g/mol. The van der Waals surface area contributed by atoms with Crippen LogP contribution in [0.5, 0.6) is 0 Å². The minimum Gasteiger partial charge on any atom is -0.454 e. The van der Waals surface area contributed by atoms with Gasteiger partial charge >= 0.3 is 5.97 Å². The number of anilines is 1. The number of hydrogen-bond donors (Lipinski definition) is 2. The fraction of sp³-hybridized carbons (Fsp3) is 0.263. The maximum atomic E-state index is 12.5. The van der Waals surface area contributed by atoms with Crippen LogP contribution in [-0.4, -0.2) is 32.9 Å². The minimum absolute atomic E-state index is 0.0425. The van der Waals surface area contributed by atoms with Crippen LogP contribution in [0.3, 0.4) is 0 Å². The van der Waals surface area contributed by atoms with Crippen LogP contribution in [0, 0.1) is 5.92 Å². The predicted octanol–water partition coefficient (Wildman–Crippen LogP) is 2.93. The molecule has 0 heterocycles. The van der Waals surface area contributed by atoms with Gasteiger partial charge in [-0.15, -0.1) is 0 Å². The molecule has 2 N–H and O–H groups in total. The Morgan fingerprint density at radius 1 is 1.07 bits per heavy atom. The normalized spacial score (nSPS) is 12.4. The number of hydrogen-bond acceptors (Lipinski definition) is 5. The fourth-order valence-corrected chi connectivity index (χ4v) is 4.03. The van der Waals surface area contributed by atoms with Gasteiger partial charge in [0.1, 0.15) is 6.04 Å². The molecule has 0 aliphatic heterocycles. The van der Waals surface area contributed by atoms with E-state index in [2.05, 4.69) is 26.0 Å². The molecule has 0 radical (unpaired) electrons. The lowest BCUT2D eigenvalue weighted by atomic mass is 10.1. The fourth-order valence-electron chi connectivity index (χ4n) is 2.28. The van der Waals surface area contributed by atoms with Gasteiger partial charge in [-0.05, 0) is 36.2 Å². The lowest BCUT2D eigenvalue weighted by molar-refractivity contribution is -0.150. The molecule has 1 atom stereocenters. The Balaban J connectivity index is 1.98. The first-order valence-corrected chi connectivity index (χ1v) is 10.8. The van der Waals surface area contributed by atoms with Crippen molar-refractivity contribution in [3.8, 4) is 0 Å². The topological polar surface area (TPSA) is 102 Å². The molecule has 2 aromatic rings. The van der Waals surface area contributed by atoms with Crippen LogP contribution < -0.4 is 10.0 Å². The molecule has 2 rings (SSSR count).